The first-order valence-electron chi connectivity index (χ1n) is 5.69. The molecule has 0 heterocycles. The summed E-state index contributed by atoms with van der Waals surface area (Å²) in [5.41, 5.74) is 0.271. The number of aliphatic hydroxyl groups excluding tert-OH is 1. The fourth-order valence-corrected chi connectivity index (χ4v) is 1.59. The van der Waals surface area contributed by atoms with Crippen LogP contribution in [-0.4, -0.2) is 49.0 Å². The molecule has 0 rings (SSSR count). The summed E-state index contributed by atoms with van der Waals surface area (Å²) in [6.45, 7) is 12.6. The first kappa shape index (κ1) is 14.9. The van der Waals surface area contributed by atoms with Gasteiger partial charge in [0.2, 0.25) is 0 Å². The number of hydrogen-bond acceptors (Lipinski definition) is 3. The van der Waals surface area contributed by atoms with Crippen LogP contribution in [-0.2, 0) is 4.74 Å². The Hall–Kier alpha value is -0.120. The van der Waals surface area contributed by atoms with Gasteiger partial charge < -0.3 is 14.7 Å². The minimum absolute atomic E-state index is 0.188. The normalized spacial score (nSPS) is 15.0. The zero-order valence-electron chi connectivity index (χ0n) is 11.1. The summed E-state index contributed by atoms with van der Waals surface area (Å²) < 4.78 is 5.36. The van der Waals surface area contributed by atoms with Crippen molar-refractivity contribution in [1.82, 2.24) is 4.90 Å². The van der Waals surface area contributed by atoms with Crippen LogP contribution in [0.3, 0.4) is 0 Å². The number of rotatable bonds is 6. The summed E-state index contributed by atoms with van der Waals surface area (Å²) in [6, 6.07) is 0. The van der Waals surface area contributed by atoms with E-state index in [4.69, 9.17) is 4.74 Å². The first-order valence-corrected chi connectivity index (χ1v) is 5.69. The molecule has 0 aromatic heterocycles. The van der Waals surface area contributed by atoms with E-state index in [0.717, 1.165) is 6.54 Å². The minimum Gasteiger partial charge on any atom is -0.389 e. The maximum atomic E-state index is 9.70. The highest BCUT2D eigenvalue weighted by Gasteiger charge is 2.16. The lowest BCUT2D eigenvalue weighted by Gasteiger charge is -2.28. The lowest BCUT2D eigenvalue weighted by molar-refractivity contribution is -0.00835. The third kappa shape index (κ3) is 10.2. The molecule has 1 unspecified atom stereocenters. The number of likely N-dealkylation sites (N-methyl/N-ethyl adjacent to an activating group) is 1. The molecule has 0 aliphatic rings. The molecule has 0 radical (unpaired) electrons. The molecular formula is C12H27NO2. The van der Waals surface area contributed by atoms with Gasteiger partial charge in [-0.25, -0.2) is 0 Å². The van der Waals surface area contributed by atoms with Crippen LogP contribution in [0.5, 0.6) is 0 Å². The second-order valence-corrected chi connectivity index (χ2v) is 5.79. The predicted octanol–water partition coefficient (Wildman–Crippen LogP) is 1.75. The van der Waals surface area contributed by atoms with E-state index in [9.17, 15) is 5.11 Å². The summed E-state index contributed by atoms with van der Waals surface area (Å²) in [6.07, 6.45) is -0.202. The molecule has 1 atom stereocenters. The van der Waals surface area contributed by atoms with Gasteiger partial charge >= 0.3 is 0 Å². The molecule has 0 aliphatic carbocycles. The van der Waals surface area contributed by atoms with Crippen LogP contribution < -0.4 is 0 Å². The fraction of sp³-hybridized carbons (Fsp3) is 1.00. The van der Waals surface area contributed by atoms with Gasteiger partial charge in [-0.3, -0.25) is 0 Å². The number of hydrogen-bond donors (Lipinski definition) is 1. The van der Waals surface area contributed by atoms with Crippen molar-refractivity contribution >= 4 is 0 Å². The molecule has 0 aliphatic heterocycles. The molecule has 3 heteroatoms. The Labute approximate surface area is 94.4 Å². The molecule has 0 saturated heterocycles. The molecule has 3 nitrogen and oxygen atoms in total. The molecule has 1 N–H and O–H groups in total. The van der Waals surface area contributed by atoms with Crippen LogP contribution in [0.15, 0.2) is 0 Å². The third-order valence-electron chi connectivity index (χ3n) is 1.89. The summed E-state index contributed by atoms with van der Waals surface area (Å²) in [4.78, 5) is 2.15. The monoisotopic (exact) mass is 217 g/mol. The SMILES string of the molecule is CC(C)OCC(O)CN(C)CC(C)(C)C. The van der Waals surface area contributed by atoms with Crippen LogP contribution in [0.2, 0.25) is 0 Å². The highest BCUT2D eigenvalue weighted by molar-refractivity contribution is 4.69. The molecule has 0 aromatic carbocycles. The molecule has 0 amide bonds. The zero-order valence-corrected chi connectivity index (χ0v) is 11.1. The van der Waals surface area contributed by atoms with Gasteiger partial charge in [-0.05, 0) is 26.3 Å². The van der Waals surface area contributed by atoms with Crippen LogP contribution in [0.1, 0.15) is 34.6 Å². The van der Waals surface area contributed by atoms with Crippen molar-refractivity contribution in [1.29, 1.82) is 0 Å². The minimum atomic E-state index is -0.389. The van der Waals surface area contributed by atoms with Gasteiger partial charge in [-0.1, -0.05) is 20.8 Å². The Morgan fingerprint density at radius 3 is 2.20 bits per heavy atom. The van der Waals surface area contributed by atoms with Crippen molar-refractivity contribution < 1.29 is 9.84 Å². The van der Waals surface area contributed by atoms with E-state index >= 15 is 0 Å². The van der Waals surface area contributed by atoms with E-state index in [0.29, 0.717) is 13.2 Å². The Bertz CT molecular complexity index is 163. The second kappa shape index (κ2) is 6.46. The van der Waals surface area contributed by atoms with Gasteiger partial charge in [-0.2, -0.15) is 0 Å². The largest absolute Gasteiger partial charge is 0.389 e. The third-order valence-corrected chi connectivity index (χ3v) is 1.89. The maximum absolute atomic E-state index is 9.70. The smallest absolute Gasteiger partial charge is 0.0900 e. The average Bonchev–Trinajstić information content (AvgIpc) is 1.96. The Balaban J connectivity index is 3.71. The number of aliphatic hydroxyl groups is 1. The molecule has 0 saturated carbocycles. The molecule has 0 bridgehead atoms. The van der Waals surface area contributed by atoms with Crippen molar-refractivity contribution in [2.24, 2.45) is 5.41 Å². The van der Waals surface area contributed by atoms with E-state index < -0.39 is 0 Å². The maximum Gasteiger partial charge on any atom is 0.0900 e. The predicted molar refractivity (Wildman–Crippen MR) is 64.0 cm³/mol. The van der Waals surface area contributed by atoms with Crippen molar-refractivity contribution in [2.75, 3.05) is 26.7 Å². The van der Waals surface area contributed by atoms with Crippen LogP contribution in [0.4, 0.5) is 0 Å². The van der Waals surface area contributed by atoms with Crippen molar-refractivity contribution in [3.05, 3.63) is 0 Å². The van der Waals surface area contributed by atoms with E-state index in [1.807, 2.05) is 20.9 Å². The van der Waals surface area contributed by atoms with Gasteiger partial charge in [0, 0.05) is 13.1 Å². The van der Waals surface area contributed by atoms with Gasteiger partial charge in [0.05, 0.1) is 18.8 Å². The lowest BCUT2D eigenvalue weighted by atomic mass is 9.96. The van der Waals surface area contributed by atoms with Gasteiger partial charge in [-0.15, -0.1) is 0 Å². The number of ether oxygens (including phenoxy) is 1. The van der Waals surface area contributed by atoms with E-state index in [1.165, 1.54) is 0 Å². The summed E-state index contributed by atoms with van der Waals surface area (Å²) >= 11 is 0. The molecule has 0 spiro atoms. The first-order chi connectivity index (χ1) is 6.70. The van der Waals surface area contributed by atoms with E-state index in [2.05, 4.69) is 25.7 Å². The summed E-state index contributed by atoms with van der Waals surface area (Å²) in [5.74, 6) is 0. The molecular weight excluding hydrogens is 190 g/mol. The average molecular weight is 217 g/mol. The van der Waals surface area contributed by atoms with Gasteiger partial charge in [0.15, 0.2) is 0 Å². The van der Waals surface area contributed by atoms with Gasteiger partial charge in [0.1, 0.15) is 0 Å². The summed E-state index contributed by atoms with van der Waals surface area (Å²) in [7, 11) is 2.03. The van der Waals surface area contributed by atoms with Crippen LogP contribution in [0.25, 0.3) is 0 Å². The second-order valence-electron chi connectivity index (χ2n) is 5.79. The lowest BCUT2D eigenvalue weighted by Crippen LogP contribution is -2.37. The number of nitrogens with zero attached hydrogens (tertiary/aromatic N) is 1. The van der Waals surface area contributed by atoms with Crippen LogP contribution in [0, 0.1) is 5.41 Å². The quantitative estimate of drug-likeness (QED) is 0.736. The molecule has 15 heavy (non-hydrogen) atoms. The molecule has 0 fully saturated rings. The Kier molecular flexibility index (Phi) is 6.41. The van der Waals surface area contributed by atoms with Crippen molar-refractivity contribution in [3.8, 4) is 0 Å². The van der Waals surface area contributed by atoms with Crippen LogP contribution >= 0.6 is 0 Å². The molecule has 0 aromatic rings. The Morgan fingerprint density at radius 1 is 1.27 bits per heavy atom. The zero-order chi connectivity index (χ0) is 12.1. The van der Waals surface area contributed by atoms with Crippen molar-refractivity contribution in [2.45, 2.75) is 46.8 Å². The van der Waals surface area contributed by atoms with Gasteiger partial charge in [0.25, 0.3) is 0 Å². The molecule has 92 valence electrons. The van der Waals surface area contributed by atoms with Crippen molar-refractivity contribution in [3.63, 3.8) is 0 Å². The standard InChI is InChI=1S/C12H27NO2/c1-10(2)15-8-11(14)7-13(6)9-12(3,4)5/h10-11,14H,7-9H2,1-6H3. The summed E-state index contributed by atoms with van der Waals surface area (Å²) in [5, 5.41) is 9.70. The fourth-order valence-electron chi connectivity index (χ4n) is 1.59. The highest BCUT2D eigenvalue weighted by Crippen LogP contribution is 2.14. The topological polar surface area (TPSA) is 32.7 Å². The van der Waals surface area contributed by atoms with E-state index in [1.54, 1.807) is 0 Å². The highest BCUT2D eigenvalue weighted by atomic mass is 16.5. The Morgan fingerprint density at radius 2 is 1.80 bits per heavy atom. The van der Waals surface area contributed by atoms with E-state index in [-0.39, 0.29) is 17.6 Å².